The van der Waals surface area contributed by atoms with Gasteiger partial charge in [0.05, 0.1) is 0 Å². The minimum absolute atomic E-state index is 0.120. The molecule has 0 bridgehead atoms. The standard InChI is InChI=1S/C14H20/c1-5-14(4,11-12(2)3)13-9-7-6-8-10-13/h5-10,12H,1,11H2,2-4H3/t14-/m1/s1. The first-order chi connectivity index (χ1) is 6.58. The van der Waals surface area contributed by atoms with Crippen molar-refractivity contribution in [3.05, 3.63) is 48.6 Å². The molecule has 0 aromatic heterocycles. The molecule has 0 amide bonds. The number of benzene rings is 1. The van der Waals surface area contributed by atoms with Crippen LogP contribution in [0.3, 0.4) is 0 Å². The van der Waals surface area contributed by atoms with Gasteiger partial charge in [-0.15, -0.1) is 6.58 Å². The van der Waals surface area contributed by atoms with Gasteiger partial charge >= 0.3 is 0 Å². The third-order valence-corrected chi connectivity index (χ3v) is 2.72. The highest BCUT2D eigenvalue weighted by atomic mass is 14.3. The van der Waals surface area contributed by atoms with Crippen molar-refractivity contribution in [3.8, 4) is 0 Å². The molecule has 0 unspecified atom stereocenters. The van der Waals surface area contributed by atoms with Crippen molar-refractivity contribution < 1.29 is 0 Å². The fourth-order valence-corrected chi connectivity index (χ4v) is 1.99. The van der Waals surface area contributed by atoms with E-state index in [0.717, 1.165) is 6.42 Å². The predicted molar refractivity (Wildman–Crippen MR) is 63.4 cm³/mol. The molecule has 76 valence electrons. The molecule has 0 aliphatic heterocycles. The van der Waals surface area contributed by atoms with Crippen molar-refractivity contribution in [2.45, 2.75) is 32.6 Å². The Labute approximate surface area is 87.7 Å². The summed E-state index contributed by atoms with van der Waals surface area (Å²) >= 11 is 0. The maximum absolute atomic E-state index is 3.96. The molecule has 14 heavy (non-hydrogen) atoms. The van der Waals surface area contributed by atoms with Crippen LogP contribution >= 0.6 is 0 Å². The Kier molecular flexibility index (Phi) is 3.51. The van der Waals surface area contributed by atoms with Gasteiger partial charge in [-0.05, 0) is 17.9 Å². The van der Waals surface area contributed by atoms with Crippen LogP contribution in [0.4, 0.5) is 0 Å². The molecule has 1 atom stereocenters. The van der Waals surface area contributed by atoms with E-state index in [0.29, 0.717) is 5.92 Å². The summed E-state index contributed by atoms with van der Waals surface area (Å²) in [4.78, 5) is 0. The monoisotopic (exact) mass is 188 g/mol. The molecule has 0 fully saturated rings. The molecule has 0 spiro atoms. The average Bonchev–Trinajstić information content (AvgIpc) is 2.18. The van der Waals surface area contributed by atoms with Gasteiger partial charge < -0.3 is 0 Å². The van der Waals surface area contributed by atoms with Crippen molar-refractivity contribution in [3.63, 3.8) is 0 Å². The van der Waals surface area contributed by atoms with E-state index in [1.165, 1.54) is 5.56 Å². The fourth-order valence-electron chi connectivity index (χ4n) is 1.99. The number of hydrogen-bond donors (Lipinski definition) is 0. The van der Waals surface area contributed by atoms with E-state index in [2.05, 4.69) is 63.8 Å². The maximum atomic E-state index is 3.96. The summed E-state index contributed by atoms with van der Waals surface area (Å²) in [5.41, 5.74) is 1.48. The maximum Gasteiger partial charge on any atom is 0.0103 e. The Morgan fingerprint density at radius 2 is 1.86 bits per heavy atom. The minimum Gasteiger partial charge on any atom is -0.102 e. The van der Waals surface area contributed by atoms with Crippen molar-refractivity contribution in [2.75, 3.05) is 0 Å². The first kappa shape index (κ1) is 11.0. The van der Waals surface area contributed by atoms with Crippen LogP contribution in [0.1, 0.15) is 32.8 Å². The van der Waals surface area contributed by atoms with E-state index >= 15 is 0 Å². The molecule has 0 aliphatic rings. The highest BCUT2D eigenvalue weighted by Crippen LogP contribution is 2.31. The van der Waals surface area contributed by atoms with Crippen LogP contribution in [-0.2, 0) is 5.41 Å². The Morgan fingerprint density at radius 3 is 2.29 bits per heavy atom. The highest BCUT2D eigenvalue weighted by molar-refractivity contribution is 5.29. The molecular weight excluding hydrogens is 168 g/mol. The van der Waals surface area contributed by atoms with Crippen LogP contribution in [0.2, 0.25) is 0 Å². The molecule has 0 N–H and O–H groups in total. The van der Waals surface area contributed by atoms with Crippen molar-refractivity contribution in [2.24, 2.45) is 5.92 Å². The van der Waals surface area contributed by atoms with Gasteiger partial charge in [-0.2, -0.15) is 0 Å². The second-order valence-electron chi connectivity index (χ2n) is 4.59. The molecule has 1 rings (SSSR count). The molecule has 0 heteroatoms. The summed E-state index contributed by atoms with van der Waals surface area (Å²) in [5.74, 6) is 0.693. The smallest absolute Gasteiger partial charge is 0.0103 e. The molecule has 0 heterocycles. The van der Waals surface area contributed by atoms with Gasteiger partial charge in [0.25, 0.3) is 0 Å². The topological polar surface area (TPSA) is 0 Å². The Balaban J connectivity index is 2.96. The zero-order valence-corrected chi connectivity index (χ0v) is 9.46. The number of allylic oxidation sites excluding steroid dienone is 1. The normalized spacial score (nSPS) is 15.1. The number of hydrogen-bond acceptors (Lipinski definition) is 0. The summed E-state index contributed by atoms with van der Waals surface area (Å²) in [7, 11) is 0. The van der Waals surface area contributed by atoms with E-state index in [4.69, 9.17) is 0 Å². The van der Waals surface area contributed by atoms with Gasteiger partial charge in [-0.3, -0.25) is 0 Å². The van der Waals surface area contributed by atoms with Crippen LogP contribution in [0, 0.1) is 5.92 Å². The average molecular weight is 188 g/mol. The summed E-state index contributed by atoms with van der Waals surface area (Å²) < 4.78 is 0. The molecule has 0 radical (unpaired) electrons. The SMILES string of the molecule is C=C[C@](C)(CC(C)C)c1ccccc1. The van der Waals surface area contributed by atoms with Gasteiger partial charge in [0, 0.05) is 5.41 Å². The summed E-state index contributed by atoms with van der Waals surface area (Å²) in [5, 5.41) is 0. The van der Waals surface area contributed by atoms with Crippen LogP contribution < -0.4 is 0 Å². The second-order valence-corrected chi connectivity index (χ2v) is 4.59. The van der Waals surface area contributed by atoms with Gasteiger partial charge in [0.15, 0.2) is 0 Å². The van der Waals surface area contributed by atoms with Crippen LogP contribution in [0.15, 0.2) is 43.0 Å². The minimum atomic E-state index is 0.120. The third-order valence-electron chi connectivity index (χ3n) is 2.72. The lowest BCUT2D eigenvalue weighted by molar-refractivity contribution is 0.440. The molecule has 1 aromatic rings. The number of rotatable bonds is 4. The van der Waals surface area contributed by atoms with E-state index in [1.54, 1.807) is 0 Å². The van der Waals surface area contributed by atoms with Crippen molar-refractivity contribution in [1.29, 1.82) is 0 Å². The largest absolute Gasteiger partial charge is 0.102 e. The molecule has 0 nitrogen and oxygen atoms in total. The first-order valence-corrected chi connectivity index (χ1v) is 5.27. The van der Waals surface area contributed by atoms with E-state index < -0.39 is 0 Å². The van der Waals surface area contributed by atoms with E-state index in [-0.39, 0.29) is 5.41 Å². The zero-order valence-electron chi connectivity index (χ0n) is 9.46. The summed E-state index contributed by atoms with van der Waals surface area (Å²) in [6, 6.07) is 10.6. The summed E-state index contributed by atoms with van der Waals surface area (Å²) in [6.45, 7) is 10.7. The van der Waals surface area contributed by atoms with Gasteiger partial charge in [0.1, 0.15) is 0 Å². The Bertz CT molecular complexity index is 284. The van der Waals surface area contributed by atoms with Crippen LogP contribution in [-0.4, -0.2) is 0 Å². The van der Waals surface area contributed by atoms with Crippen molar-refractivity contribution >= 4 is 0 Å². The Morgan fingerprint density at radius 1 is 1.29 bits per heavy atom. The van der Waals surface area contributed by atoms with E-state index in [9.17, 15) is 0 Å². The third kappa shape index (κ3) is 2.47. The fraction of sp³-hybridized carbons (Fsp3) is 0.429. The van der Waals surface area contributed by atoms with Crippen molar-refractivity contribution in [1.82, 2.24) is 0 Å². The lowest BCUT2D eigenvalue weighted by Gasteiger charge is -2.28. The molecule has 0 saturated carbocycles. The second kappa shape index (κ2) is 4.45. The summed E-state index contributed by atoms with van der Waals surface area (Å²) in [6.07, 6.45) is 3.23. The van der Waals surface area contributed by atoms with Gasteiger partial charge in [0.2, 0.25) is 0 Å². The highest BCUT2D eigenvalue weighted by Gasteiger charge is 2.23. The quantitative estimate of drug-likeness (QED) is 0.622. The Hall–Kier alpha value is -1.04. The lowest BCUT2D eigenvalue weighted by atomic mass is 9.76. The zero-order chi connectivity index (χ0) is 10.6. The van der Waals surface area contributed by atoms with Crippen LogP contribution in [0.5, 0.6) is 0 Å². The lowest BCUT2D eigenvalue weighted by Crippen LogP contribution is -2.20. The van der Waals surface area contributed by atoms with Crippen LogP contribution in [0.25, 0.3) is 0 Å². The molecular formula is C14H20. The first-order valence-electron chi connectivity index (χ1n) is 5.27. The molecule has 0 saturated heterocycles. The van der Waals surface area contributed by atoms with E-state index in [1.807, 2.05) is 0 Å². The molecule has 0 aliphatic carbocycles. The molecule has 1 aromatic carbocycles. The van der Waals surface area contributed by atoms with Gasteiger partial charge in [-0.1, -0.05) is 57.2 Å². The predicted octanol–water partition coefficient (Wildman–Crippen LogP) is 4.18. The van der Waals surface area contributed by atoms with Gasteiger partial charge in [-0.25, -0.2) is 0 Å².